The quantitative estimate of drug-likeness (QED) is 0.936. The van der Waals surface area contributed by atoms with Crippen LogP contribution in [0.2, 0.25) is 0 Å². The number of hydrogen-bond donors (Lipinski definition) is 1. The molecule has 3 rings (SSSR count). The summed E-state index contributed by atoms with van der Waals surface area (Å²) in [5.41, 5.74) is 0.264. The van der Waals surface area contributed by atoms with Gasteiger partial charge in [0, 0.05) is 6.04 Å². The van der Waals surface area contributed by atoms with Crippen molar-refractivity contribution in [2.75, 3.05) is 0 Å². The van der Waals surface area contributed by atoms with E-state index in [9.17, 15) is 9.59 Å². The Balaban J connectivity index is 1.73. The number of nitrogens with zero attached hydrogens (tertiary/aromatic N) is 3. The van der Waals surface area contributed by atoms with Crippen LogP contribution in [-0.2, 0) is 11.3 Å². The van der Waals surface area contributed by atoms with Gasteiger partial charge in [0.05, 0.1) is 5.39 Å². The normalized spacial score (nSPS) is 24.5. The minimum atomic E-state index is -0.282. The summed E-state index contributed by atoms with van der Waals surface area (Å²) in [5.74, 6) is 0.881. The Labute approximate surface area is 134 Å². The molecule has 1 aliphatic carbocycles. The van der Waals surface area contributed by atoms with Gasteiger partial charge in [0.25, 0.3) is 5.56 Å². The van der Waals surface area contributed by atoms with Gasteiger partial charge in [-0.25, -0.2) is 4.68 Å². The van der Waals surface area contributed by atoms with E-state index < -0.39 is 0 Å². The SMILES string of the molecule is C[C@H]1[C@H](C)CCC[C@@H]1NC(=O)Cn1nnc2ccccc2c1=O. The van der Waals surface area contributed by atoms with Crippen LogP contribution in [-0.4, -0.2) is 26.9 Å². The first-order valence-corrected chi connectivity index (χ1v) is 8.18. The third kappa shape index (κ3) is 3.25. The van der Waals surface area contributed by atoms with E-state index in [1.54, 1.807) is 24.3 Å². The Morgan fingerprint density at radius 1 is 1.30 bits per heavy atom. The predicted molar refractivity (Wildman–Crippen MR) is 87.9 cm³/mol. The molecule has 23 heavy (non-hydrogen) atoms. The number of nitrogens with one attached hydrogen (secondary N) is 1. The summed E-state index contributed by atoms with van der Waals surface area (Å²) in [7, 11) is 0. The van der Waals surface area contributed by atoms with E-state index in [0.29, 0.717) is 22.7 Å². The van der Waals surface area contributed by atoms with Crippen LogP contribution in [0.5, 0.6) is 0 Å². The molecule has 1 aliphatic rings. The summed E-state index contributed by atoms with van der Waals surface area (Å²) in [5, 5.41) is 11.4. The maximum absolute atomic E-state index is 12.4. The Kier molecular flexibility index (Phi) is 4.41. The maximum atomic E-state index is 12.4. The predicted octanol–water partition coefficient (Wildman–Crippen LogP) is 1.73. The van der Waals surface area contributed by atoms with Gasteiger partial charge in [-0.1, -0.05) is 44.0 Å². The van der Waals surface area contributed by atoms with Crippen molar-refractivity contribution >= 4 is 16.8 Å². The first kappa shape index (κ1) is 15.6. The fourth-order valence-corrected chi connectivity index (χ4v) is 3.30. The van der Waals surface area contributed by atoms with Gasteiger partial charge < -0.3 is 5.32 Å². The molecule has 0 radical (unpaired) electrons. The van der Waals surface area contributed by atoms with E-state index in [1.807, 2.05) is 0 Å². The molecule has 1 aromatic heterocycles. The van der Waals surface area contributed by atoms with Crippen molar-refractivity contribution in [3.63, 3.8) is 0 Å². The maximum Gasteiger partial charge on any atom is 0.278 e. The van der Waals surface area contributed by atoms with Gasteiger partial charge >= 0.3 is 0 Å². The molecule has 0 unspecified atom stereocenters. The molecule has 0 bridgehead atoms. The van der Waals surface area contributed by atoms with Crippen molar-refractivity contribution in [1.82, 2.24) is 20.3 Å². The fraction of sp³-hybridized carbons (Fsp3) is 0.529. The van der Waals surface area contributed by atoms with Gasteiger partial charge in [-0.2, -0.15) is 0 Å². The second-order valence-corrected chi connectivity index (χ2v) is 6.51. The van der Waals surface area contributed by atoms with Gasteiger partial charge in [-0.05, 0) is 30.4 Å². The highest BCUT2D eigenvalue weighted by Gasteiger charge is 2.28. The number of carbonyl (C=O) groups is 1. The van der Waals surface area contributed by atoms with Crippen LogP contribution in [0.15, 0.2) is 29.1 Å². The van der Waals surface area contributed by atoms with E-state index in [0.717, 1.165) is 17.5 Å². The number of benzene rings is 1. The zero-order valence-electron chi connectivity index (χ0n) is 13.5. The lowest BCUT2D eigenvalue weighted by molar-refractivity contribution is -0.123. The first-order chi connectivity index (χ1) is 11.1. The molecule has 1 N–H and O–H groups in total. The van der Waals surface area contributed by atoms with Crippen LogP contribution in [0, 0.1) is 11.8 Å². The summed E-state index contributed by atoms with van der Waals surface area (Å²) < 4.78 is 1.13. The van der Waals surface area contributed by atoms with E-state index in [1.165, 1.54) is 6.42 Å². The van der Waals surface area contributed by atoms with E-state index in [2.05, 4.69) is 29.5 Å². The van der Waals surface area contributed by atoms with Crippen molar-refractivity contribution in [2.24, 2.45) is 11.8 Å². The van der Waals surface area contributed by atoms with Crippen LogP contribution in [0.25, 0.3) is 10.9 Å². The number of carbonyl (C=O) groups excluding carboxylic acids is 1. The first-order valence-electron chi connectivity index (χ1n) is 8.18. The molecule has 0 saturated heterocycles. The number of aromatic nitrogens is 3. The lowest BCUT2D eigenvalue weighted by Crippen LogP contribution is -2.45. The summed E-state index contributed by atoms with van der Waals surface area (Å²) in [6.07, 6.45) is 3.34. The van der Waals surface area contributed by atoms with Gasteiger partial charge in [-0.3, -0.25) is 9.59 Å². The highest BCUT2D eigenvalue weighted by atomic mass is 16.2. The standard InChI is InChI=1S/C17H22N4O2/c1-11-6-5-9-14(12(11)2)18-16(22)10-21-17(23)13-7-3-4-8-15(13)19-20-21/h3-4,7-8,11-12,14H,5-6,9-10H2,1-2H3,(H,18,22)/t11-,12+,14+/m1/s1. The molecular formula is C17H22N4O2. The van der Waals surface area contributed by atoms with Crippen LogP contribution in [0.1, 0.15) is 33.1 Å². The second-order valence-electron chi connectivity index (χ2n) is 6.51. The average molecular weight is 314 g/mol. The molecule has 1 aromatic carbocycles. The number of hydrogen-bond acceptors (Lipinski definition) is 4. The molecule has 2 aromatic rings. The molecular weight excluding hydrogens is 292 g/mol. The Hall–Kier alpha value is -2.24. The molecule has 1 fully saturated rings. The Morgan fingerprint density at radius 2 is 2.09 bits per heavy atom. The van der Waals surface area contributed by atoms with Crippen LogP contribution in [0.3, 0.4) is 0 Å². The zero-order valence-corrected chi connectivity index (χ0v) is 13.5. The molecule has 122 valence electrons. The number of amides is 1. The molecule has 0 spiro atoms. The molecule has 3 atom stereocenters. The third-order valence-corrected chi connectivity index (χ3v) is 4.98. The minimum absolute atomic E-state index is 0.0890. The van der Waals surface area contributed by atoms with Crippen molar-refractivity contribution in [3.8, 4) is 0 Å². The number of rotatable bonds is 3. The van der Waals surface area contributed by atoms with Crippen molar-refractivity contribution < 1.29 is 4.79 Å². The molecule has 1 amide bonds. The average Bonchev–Trinajstić information content (AvgIpc) is 2.55. The summed E-state index contributed by atoms with van der Waals surface area (Å²) in [6.45, 7) is 4.31. The van der Waals surface area contributed by atoms with Gasteiger partial charge in [0.15, 0.2) is 0 Å². The Morgan fingerprint density at radius 3 is 2.91 bits per heavy atom. The molecule has 1 heterocycles. The van der Waals surface area contributed by atoms with Crippen LogP contribution >= 0.6 is 0 Å². The van der Waals surface area contributed by atoms with Crippen LogP contribution < -0.4 is 10.9 Å². The molecule has 0 aliphatic heterocycles. The fourth-order valence-electron chi connectivity index (χ4n) is 3.30. The monoisotopic (exact) mass is 314 g/mol. The molecule has 6 nitrogen and oxygen atoms in total. The Bertz CT molecular complexity index is 771. The molecule has 6 heteroatoms. The highest BCUT2D eigenvalue weighted by Crippen LogP contribution is 2.29. The van der Waals surface area contributed by atoms with Crippen molar-refractivity contribution in [3.05, 3.63) is 34.6 Å². The second kappa shape index (κ2) is 6.48. The van der Waals surface area contributed by atoms with Gasteiger partial charge in [-0.15, -0.1) is 5.10 Å². The topological polar surface area (TPSA) is 76.9 Å². The van der Waals surface area contributed by atoms with E-state index in [4.69, 9.17) is 0 Å². The number of fused-ring (bicyclic) bond motifs is 1. The summed E-state index contributed by atoms with van der Waals surface area (Å²) in [4.78, 5) is 24.6. The smallest absolute Gasteiger partial charge is 0.278 e. The summed E-state index contributed by atoms with van der Waals surface area (Å²) in [6, 6.07) is 7.20. The van der Waals surface area contributed by atoms with Gasteiger partial charge in [0.1, 0.15) is 12.1 Å². The third-order valence-electron chi connectivity index (χ3n) is 4.98. The van der Waals surface area contributed by atoms with Crippen molar-refractivity contribution in [1.29, 1.82) is 0 Å². The molecule has 1 saturated carbocycles. The van der Waals surface area contributed by atoms with E-state index in [-0.39, 0.29) is 24.1 Å². The lowest BCUT2D eigenvalue weighted by atomic mass is 9.78. The minimum Gasteiger partial charge on any atom is -0.351 e. The zero-order chi connectivity index (χ0) is 16.4. The lowest BCUT2D eigenvalue weighted by Gasteiger charge is -2.34. The van der Waals surface area contributed by atoms with Gasteiger partial charge in [0.2, 0.25) is 5.91 Å². The van der Waals surface area contributed by atoms with Crippen LogP contribution in [0.4, 0.5) is 0 Å². The summed E-state index contributed by atoms with van der Waals surface area (Å²) >= 11 is 0. The van der Waals surface area contributed by atoms with E-state index >= 15 is 0 Å². The highest BCUT2D eigenvalue weighted by molar-refractivity contribution is 5.78. The largest absolute Gasteiger partial charge is 0.351 e. The van der Waals surface area contributed by atoms with Crippen molar-refractivity contribution in [2.45, 2.75) is 45.7 Å².